The van der Waals surface area contributed by atoms with E-state index in [-0.39, 0.29) is 12.3 Å². The molecule has 1 aromatic heterocycles. The van der Waals surface area contributed by atoms with E-state index in [1.165, 1.54) is 0 Å². The third-order valence-corrected chi connectivity index (χ3v) is 7.90. The van der Waals surface area contributed by atoms with Crippen LogP contribution < -0.4 is 21.7 Å². The van der Waals surface area contributed by atoms with Gasteiger partial charge in [0.2, 0.25) is 11.7 Å². The van der Waals surface area contributed by atoms with Crippen LogP contribution in [0.1, 0.15) is 129 Å². The van der Waals surface area contributed by atoms with Crippen molar-refractivity contribution in [3.63, 3.8) is 0 Å². The number of carbonyl (C=O) groups is 5. The fraction of sp³-hybridized carbons (Fsp3) is 0.781. The SMILES string of the molecule is CC(C)C[C@H](NC(=O)[C@@H]1CCCC[C@@H]1NC(=O)OC(C)(C)C)C(=O)c1nn(C(=O)[C@@H]2CCCC[C@@H]2NC(=O)OC(C)(C)C)c(=O)o1. The normalized spacial score (nSPS) is 22.8. The van der Waals surface area contributed by atoms with E-state index >= 15 is 0 Å². The molecular weight excluding hydrogens is 598 g/mol. The molecule has 3 amide bonds. The molecule has 14 nitrogen and oxygen atoms in total. The smallest absolute Gasteiger partial charge is 0.444 e. The second-order valence-electron chi connectivity index (χ2n) is 14.8. The summed E-state index contributed by atoms with van der Waals surface area (Å²) < 4.78 is 16.4. The summed E-state index contributed by atoms with van der Waals surface area (Å²) in [6.45, 7) is 14.2. The summed E-state index contributed by atoms with van der Waals surface area (Å²) in [7, 11) is 0. The molecule has 1 aromatic rings. The number of rotatable bonds is 9. The third kappa shape index (κ3) is 10.7. The highest BCUT2D eigenvalue weighted by Crippen LogP contribution is 2.27. The number of ether oxygens (including phenoxy) is 2. The largest absolute Gasteiger partial charge is 0.444 e. The molecule has 1 heterocycles. The molecule has 0 spiro atoms. The minimum atomic E-state index is -1.13. The first-order valence-corrected chi connectivity index (χ1v) is 16.3. The molecular formula is C32H51N5O9. The van der Waals surface area contributed by atoms with Crippen LogP contribution >= 0.6 is 0 Å². The summed E-state index contributed by atoms with van der Waals surface area (Å²) in [6.07, 6.45) is 3.98. The molecule has 0 aromatic carbocycles. The van der Waals surface area contributed by atoms with Gasteiger partial charge in [0.25, 0.3) is 11.8 Å². The van der Waals surface area contributed by atoms with Crippen molar-refractivity contribution < 1.29 is 37.9 Å². The van der Waals surface area contributed by atoms with Crippen molar-refractivity contribution in [2.24, 2.45) is 17.8 Å². The molecule has 2 fully saturated rings. The van der Waals surface area contributed by atoms with Gasteiger partial charge in [0.1, 0.15) is 11.2 Å². The molecule has 0 saturated heterocycles. The van der Waals surface area contributed by atoms with Gasteiger partial charge in [-0.3, -0.25) is 14.4 Å². The number of amides is 3. The second-order valence-corrected chi connectivity index (χ2v) is 14.8. The Morgan fingerprint density at radius 3 is 1.80 bits per heavy atom. The third-order valence-electron chi connectivity index (χ3n) is 7.90. The van der Waals surface area contributed by atoms with Crippen LogP contribution in [0.15, 0.2) is 9.21 Å². The van der Waals surface area contributed by atoms with Gasteiger partial charge in [-0.1, -0.05) is 39.5 Å². The number of hydrogen-bond donors (Lipinski definition) is 3. The van der Waals surface area contributed by atoms with Gasteiger partial charge in [-0.15, -0.1) is 9.78 Å². The summed E-state index contributed by atoms with van der Waals surface area (Å²) in [4.78, 5) is 78.4. The lowest BCUT2D eigenvalue weighted by Gasteiger charge is -2.33. The quantitative estimate of drug-likeness (QED) is 0.324. The Balaban J connectivity index is 1.76. The van der Waals surface area contributed by atoms with Gasteiger partial charge < -0.3 is 29.8 Å². The number of hydrogen-bond acceptors (Lipinski definition) is 10. The molecule has 2 saturated carbocycles. The maximum atomic E-state index is 13.6. The summed E-state index contributed by atoms with van der Waals surface area (Å²) in [5, 5.41) is 12.3. The Morgan fingerprint density at radius 2 is 1.30 bits per heavy atom. The Bertz CT molecular complexity index is 1320. The molecule has 258 valence electrons. The van der Waals surface area contributed by atoms with E-state index in [0.717, 1.165) is 19.3 Å². The van der Waals surface area contributed by atoms with E-state index in [1.807, 2.05) is 13.8 Å². The molecule has 0 bridgehead atoms. The van der Waals surface area contributed by atoms with Crippen LogP contribution in [0.2, 0.25) is 0 Å². The zero-order chi connectivity index (χ0) is 34.4. The fourth-order valence-electron chi connectivity index (χ4n) is 5.94. The van der Waals surface area contributed by atoms with Crippen molar-refractivity contribution in [3.05, 3.63) is 16.4 Å². The molecule has 0 unspecified atom stereocenters. The number of aromatic nitrogens is 2. The van der Waals surface area contributed by atoms with Gasteiger partial charge in [-0.25, -0.2) is 14.4 Å². The van der Waals surface area contributed by atoms with Crippen molar-refractivity contribution in [2.45, 2.75) is 143 Å². The van der Waals surface area contributed by atoms with Crippen LogP contribution in [0.3, 0.4) is 0 Å². The van der Waals surface area contributed by atoms with E-state index in [0.29, 0.717) is 36.8 Å². The molecule has 5 atom stereocenters. The van der Waals surface area contributed by atoms with Crippen LogP contribution in [-0.2, 0) is 14.3 Å². The molecule has 2 aliphatic rings. The second kappa shape index (κ2) is 15.3. The van der Waals surface area contributed by atoms with E-state index in [9.17, 15) is 28.8 Å². The number of Topliss-reactive ketones (excluding diaryl/α,β-unsaturated/α-hetero) is 1. The standard InChI is InChI=1S/C32H51N5O9/c1-18(2)17-23(33-25(39)19-13-9-11-15-21(19)34-28(41)45-31(3,4)5)24(38)26-36-37(30(43)44-26)27(40)20-14-10-12-16-22(20)35-29(42)46-32(6,7)8/h18-23H,9-17H2,1-8H3,(H,33,39)(H,34,41)(H,35,42)/t19-,20-,21+,22+,23+/m1/s1. The van der Waals surface area contributed by atoms with Crippen molar-refractivity contribution in [2.75, 3.05) is 0 Å². The van der Waals surface area contributed by atoms with Crippen molar-refractivity contribution in [1.29, 1.82) is 0 Å². The van der Waals surface area contributed by atoms with E-state index < -0.39 is 82.6 Å². The summed E-state index contributed by atoms with van der Waals surface area (Å²) in [5.41, 5.74) is -1.43. The highest BCUT2D eigenvalue weighted by Gasteiger charge is 2.39. The van der Waals surface area contributed by atoms with E-state index in [4.69, 9.17) is 13.9 Å². The molecule has 14 heteroatoms. The first-order chi connectivity index (χ1) is 21.3. The van der Waals surface area contributed by atoms with Crippen LogP contribution in [0.4, 0.5) is 9.59 Å². The van der Waals surface area contributed by atoms with Crippen LogP contribution in [0.25, 0.3) is 0 Å². The lowest BCUT2D eigenvalue weighted by molar-refractivity contribution is -0.127. The zero-order valence-electron chi connectivity index (χ0n) is 28.4. The minimum absolute atomic E-state index is 0.0337. The van der Waals surface area contributed by atoms with Crippen molar-refractivity contribution in [3.8, 4) is 0 Å². The topological polar surface area (TPSA) is 188 Å². The Kier molecular flexibility index (Phi) is 12.2. The van der Waals surface area contributed by atoms with Gasteiger partial charge in [-0.05, 0) is 79.6 Å². The number of alkyl carbamates (subject to hydrolysis) is 2. The number of nitrogens with zero attached hydrogens (tertiary/aromatic N) is 2. The fourth-order valence-corrected chi connectivity index (χ4v) is 5.94. The van der Waals surface area contributed by atoms with Gasteiger partial charge in [0.05, 0.1) is 17.9 Å². The predicted octanol–water partition coefficient (Wildman–Crippen LogP) is 4.36. The summed E-state index contributed by atoms with van der Waals surface area (Å²) in [5.74, 6) is -5.00. The van der Waals surface area contributed by atoms with E-state index in [2.05, 4.69) is 21.0 Å². The Labute approximate surface area is 270 Å². The van der Waals surface area contributed by atoms with Gasteiger partial charge in [0.15, 0.2) is 0 Å². The van der Waals surface area contributed by atoms with Crippen LogP contribution in [-0.4, -0.2) is 68.9 Å². The molecule has 3 N–H and O–H groups in total. The summed E-state index contributed by atoms with van der Waals surface area (Å²) >= 11 is 0. The monoisotopic (exact) mass is 649 g/mol. The average molecular weight is 650 g/mol. The number of nitrogens with one attached hydrogen (secondary N) is 3. The van der Waals surface area contributed by atoms with Crippen LogP contribution in [0.5, 0.6) is 0 Å². The predicted molar refractivity (Wildman–Crippen MR) is 167 cm³/mol. The van der Waals surface area contributed by atoms with Crippen molar-refractivity contribution in [1.82, 2.24) is 25.7 Å². The Hall–Kier alpha value is -3.71. The molecule has 2 aliphatic carbocycles. The molecule has 46 heavy (non-hydrogen) atoms. The lowest BCUT2D eigenvalue weighted by atomic mass is 9.83. The average Bonchev–Trinajstić information content (AvgIpc) is 3.31. The Morgan fingerprint density at radius 1 is 0.826 bits per heavy atom. The lowest BCUT2D eigenvalue weighted by Crippen LogP contribution is -2.52. The molecule has 3 rings (SSSR count). The van der Waals surface area contributed by atoms with Gasteiger partial charge >= 0.3 is 17.9 Å². The van der Waals surface area contributed by atoms with Gasteiger partial charge in [0, 0.05) is 12.1 Å². The first kappa shape index (κ1) is 36.8. The molecule has 0 radical (unpaired) electrons. The van der Waals surface area contributed by atoms with Gasteiger partial charge in [-0.2, -0.15) is 0 Å². The summed E-state index contributed by atoms with van der Waals surface area (Å²) in [6, 6.07) is -2.16. The van der Waals surface area contributed by atoms with E-state index in [1.54, 1.807) is 41.5 Å². The number of ketones is 1. The highest BCUT2D eigenvalue weighted by atomic mass is 16.6. The minimum Gasteiger partial charge on any atom is -0.444 e. The molecule has 0 aliphatic heterocycles. The number of carbonyl (C=O) groups excluding carboxylic acids is 5. The van der Waals surface area contributed by atoms with Crippen molar-refractivity contribution >= 4 is 29.8 Å². The van der Waals surface area contributed by atoms with Crippen LogP contribution in [0, 0.1) is 17.8 Å². The first-order valence-electron chi connectivity index (χ1n) is 16.3. The maximum absolute atomic E-state index is 13.6. The zero-order valence-corrected chi connectivity index (χ0v) is 28.4. The highest BCUT2D eigenvalue weighted by molar-refractivity contribution is 5.99. The maximum Gasteiger partial charge on any atom is 0.444 e.